The Kier molecular flexibility index (Phi) is 5.23. The van der Waals surface area contributed by atoms with Crippen LogP contribution in [0.15, 0.2) is 50.7 Å². The molecule has 144 valence electrons. The van der Waals surface area contributed by atoms with E-state index in [0.717, 1.165) is 21.0 Å². The fourth-order valence-electron chi connectivity index (χ4n) is 2.96. The van der Waals surface area contributed by atoms with Gasteiger partial charge in [-0.05, 0) is 26.8 Å². The van der Waals surface area contributed by atoms with Crippen LogP contribution in [0.2, 0.25) is 0 Å². The van der Waals surface area contributed by atoms with E-state index in [1.807, 2.05) is 50.4 Å². The van der Waals surface area contributed by atoms with Gasteiger partial charge >= 0.3 is 0 Å². The van der Waals surface area contributed by atoms with Crippen LogP contribution in [-0.4, -0.2) is 20.7 Å². The minimum Gasteiger partial charge on any atom is -0.451 e. The van der Waals surface area contributed by atoms with E-state index in [2.05, 4.69) is 15.4 Å². The maximum absolute atomic E-state index is 13.0. The van der Waals surface area contributed by atoms with Crippen molar-refractivity contribution in [3.05, 3.63) is 58.9 Å². The first kappa shape index (κ1) is 18.8. The van der Waals surface area contributed by atoms with Gasteiger partial charge in [-0.1, -0.05) is 30.0 Å². The number of aromatic nitrogens is 3. The molecule has 0 fully saturated rings. The van der Waals surface area contributed by atoms with Crippen LogP contribution in [0.4, 0.5) is 5.82 Å². The molecule has 3 aromatic heterocycles. The van der Waals surface area contributed by atoms with Gasteiger partial charge in [0.2, 0.25) is 0 Å². The maximum Gasteiger partial charge on any atom is 0.292 e. The van der Waals surface area contributed by atoms with Crippen molar-refractivity contribution in [1.29, 1.82) is 0 Å². The number of nitrogens with one attached hydrogen (secondary N) is 1. The lowest BCUT2D eigenvalue weighted by Gasteiger charge is -2.11. The predicted molar refractivity (Wildman–Crippen MR) is 113 cm³/mol. The second-order valence-electron chi connectivity index (χ2n) is 6.66. The number of carbonyl (C=O) groups is 1. The van der Waals surface area contributed by atoms with E-state index in [4.69, 9.17) is 4.42 Å². The van der Waals surface area contributed by atoms with Gasteiger partial charge in [0.15, 0.2) is 5.76 Å². The minimum absolute atomic E-state index is 0.143. The molecule has 0 aliphatic heterocycles. The molecule has 1 N–H and O–H groups in total. The molecular formula is C20H20N4O2S2. The highest BCUT2D eigenvalue weighted by Gasteiger charge is 2.22. The van der Waals surface area contributed by atoms with Gasteiger partial charge < -0.3 is 9.73 Å². The topological polar surface area (TPSA) is 73.0 Å². The SMILES string of the molecule is Cc1csc(SCc2c(C(=O)Nc3ccnn3C(C)C)oc3ccccc23)n1. The van der Waals surface area contributed by atoms with Gasteiger partial charge in [-0.2, -0.15) is 5.10 Å². The first-order valence-electron chi connectivity index (χ1n) is 8.93. The number of thioether (sulfide) groups is 1. The Balaban J connectivity index is 1.65. The third-order valence-corrected chi connectivity index (χ3v) is 6.41. The summed E-state index contributed by atoms with van der Waals surface area (Å²) in [6.07, 6.45) is 1.68. The third kappa shape index (κ3) is 3.70. The molecular weight excluding hydrogens is 392 g/mol. The molecule has 3 heterocycles. The summed E-state index contributed by atoms with van der Waals surface area (Å²) < 4.78 is 8.68. The van der Waals surface area contributed by atoms with Crippen molar-refractivity contribution >= 4 is 45.8 Å². The summed E-state index contributed by atoms with van der Waals surface area (Å²) in [5.41, 5.74) is 2.59. The Bertz CT molecular complexity index is 1130. The number of nitrogens with zero attached hydrogens (tertiary/aromatic N) is 3. The molecule has 0 saturated heterocycles. The fraction of sp³-hybridized carbons (Fsp3) is 0.250. The van der Waals surface area contributed by atoms with E-state index in [1.165, 1.54) is 0 Å². The van der Waals surface area contributed by atoms with Crippen molar-refractivity contribution in [3.8, 4) is 0 Å². The van der Waals surface area contributed by atoms with Crippen LogP contribution in [-0.2, 0) is 5.75 Å². The van der Waals surface area contributed by atoms with E-state index in [0.29, 0.717) is 22.9 Å². The molecule has 8 heteroatoms. The molecule has 0 radical (unpaired) electrons. The monoisotopic (exact) mass is 412 g/mol. The van der Waals surface area contributed by atoms with E-state index in [1.54, 1.807) is 40.0 Å². The zero-order valence-corrected chi connectivity index (χ0v) is 17.4. The molecule has 4 aromatic rings. The lowest BCUT2D eigenvalue weighted by molar-refractivity contribution is 0.0996. The summed E-state index contributed by atoms with van der Waals surface area (Å²) >= 11 is 3.22. The number of benzene rings is 1. The number of anilines is 1. The van der Waals surface area contributed by atoms with Crippen LogP contribution in [0.3, 0.4) is 0 Å². The molecule has 0 spiro atoms. The Labute approximate surface area is 171 Å². The van der Waals surface area contributed by atoms with Crippen LogP contribution in [0, 0.1) is 6.92 Å². The largest absolute Gasteiger partial charge is 0.451 e. The van der Waals surface area contributed by atoms with E-state index < -0.39 is 0 Å². The van der Waals surface area contributed by atoms with Crippen LogP contribution in [0.25, 0.3) is 11.0 Å². The number of hydrogen-bond donors (Lipinski definition) is 1. The highest BCUT2D eigenvalue weighted by Crippen LogP contribution is 2.33. The van der Waals surface area contributed by atoms with Crippen LogP contribution in [0.1, 0.15) is 41.7 Å². The van der Waals surface area contributed by atoms with Crippen molar-refractivity contribution in [3.63, 3.8) is 0 Å². The fourth-order valence-corrected chi connectivity index (χ4v) is 4.83. The molecule has 6 nitrogen and oxygen atoms in total. The third-order valence-electron chi connectivity index (χ3n) is 4.24. The van der Waals surface area contributed by atoms with Gasteiger partial charge in [-0.3, -0.25) is 4.79 Å². The maximum atomic E-state index is 13.0. The number of hydrogen-bond acceptors (Lipinski definition) is 6. The number of aryl methyl sites for hydroxylation is 1. The summed E-state index contributed by atoms with van der Waals surface area (Å²) in [5.74, 6) is 1.31. The first-order chi connectivity index (χ1) is 13.5. The number of fused-ring (bicyclic) bond motifs is 1. The Morgan fingerprint density at radius 3 is 2.89 bits per heavy atom. The lowest BCUT2D eigenvalue weighted by Crippen LogP contribution is -2.17. The number of para-hydroxylation sites is 1. The molecule has 4 rings (SSSR count). The lowest BCUT2D eigenvalue weighted by atomic mass is 10.1. The standard InChI is InChI=1S/C20H20N4O2S2/c1-12(2)24-17(8-9-21-24)23-19(25)18-15(11-28-20-22-13(3)10-27-20)14-6-4-5-7-16(14)26-18/h4-10,12H,11H2,1-3H3,(H,23,25). The number of amides is 1. The van der Waals surface area contributed by atoms with Crippen molar-refractivity contribution in [2.24, 2.45) is 0 Å². The second-order valence-corrected chi connectivity index (χ2v) is 8.74. The molecule has 1 aromatic carbocycles. The number of carbonyl (C=O) groups excluding carboxylic acids is 1. The summed E-state index contributed by atoms with van der Waals surface area (Å²) in [4.78, 5) is 17.5. The summed E-state index contributed by atoms with van der Waals surface area (Å²) in [7, 11) is 0. The van der Waals surface area contributed by atoms with Crippen molar-refractivity contribution in [2.75, 3.05) is 5.32 Å². The first-order valence-corrected chi connectivity index (χ1v) is 10.8. The average Bonchev–Trinajstić information content (AvgIpc) is 3.38. The van der Waals surface area contributed by atoms with Crippen LogP contribution in [0.5, 0.6) is 0 Å². The van der Waals surface area contributed by atoms with E-state index in [-0.39, 0.29) is 11.9 Å². The Morgan fingerprint density at radius 1 is 1.32 bits per heavy atom. The summed E-state index contributed by atoms with van der Waals surface area (Å²) in [6, 6.07) is 9.65. The normalized spacial score (nSPS) is 11.4. The number of furan rings is 1. The zero-order valence-electron chi connectivity index (χ0n) is 15.8. The Hall–Kier alpha value is -2.58. The van der Waals surface area contributed by atoms with Gasteiger partial charge in [-0.25, -0.2) is 9.67 Å². The van der Waals surface area contributed by atoms with Gasteiger partial charge in [0.05, 0.1) is 6.20 Å². The molecule has 1 amide bonds. The molecule has 0 unspecified atom stereocenters. The van der Waals surface area contributed by atoms with Crippen molar-refractivity contribution in [1.82, 2.24) is 14.8 Å². The average molecular weight is 413 g/mol. The van der Waals surface area contributed by atoms with E-state index in [9.17, 15) is 4.79 Å². The highest BCUT2D eigenvalue weighted by atomic mass is 32.2. The second kappa shape index (κ2) is 7.81. The highest BCUT2D eigenvalue weighted by molar-refractivity contribution is 8.00. The van der Waals surface area contributed by atoms with Crippen LogP contribution < -0.4 is 5.32 Å². The number of thiazole rings is 1. The quantitative estimate of drug-likeness (QED) is 0.422. The minimum atomic E-state index is -0.274. The van der Waals surface area contributed by atoms with E-state index >= 15 is 0 Å². The molecule has 0 saturated carbocycles. The van der Waals surface area contributed by atoms with Gasteiger partial charge in [0.1, 0.15) is 15.7 Å². The zero-order chi connectivity index (χ0) is 19.7. The van der Waals surface area contributed by atoms with Gasteiger partial charge in [0, 0.05) is 39.9 Å². The van der Waals surface area contributed by atoms with Crippen molar-refractivity contribution in [2.45, 2.75) is 36.9 Å². The molecule has 0 aliphatic rings. The molecule has 0 bridgehead atoms. The predicted octanol–water partition coefficient (Wildman–Crippen LogP) is 5.52. The molecule has 0 aliphatic carbocycles. The summed E-state index contributed by atoms with van der Waals surface area (Å²) in [6.45, 7) is 6.01. The van der Waals surface area contributed by atoms with Crippen molar-refractivity contribution < 1.29 is 9.21 Å². The summed E-state index contributed by atoms with van der Waals surface area (Å²) in [5, 5.41) is 10.2. The van der Waals surface area contributed by atoms with Gasteiger partial charge in [0.25, 0.3) is 5.91 Å². The smallest absolute Gasteiger partial charge is 0.292 e. The number of rotatable bonds is 6. The van der Waals surface area contributed by atoms with Gasteiger partial charge in [-0.15, -0.1) is 11.3 Å². The molecule has 0 atom stereocenters. The Morgan fingerprint density at radius 2 is 2.14 bits per heavy atom. The molecule has 28 heavy (non-hydrogen) atoms. The van der Waals surface area contributed by atoms with Crippen LogP contribution >= 0.6 is 23.1 Å².